The molecule has 1 rings (SSSR count). The average Bonchev–Trinajstić information content (AvgIpc) is 2.96. The molecule has 1 saturated carbocycles. The smallest absolute Gasteiger partial charge is 0.183 e. The maximum absolute atomic E-state index is 5.86. The van der Waals surface area contributed by atoms with Gasteiger partial charge in [-0.1, -0.05) is 61.1 Å². The molecule has 0 N–H and O–H groups in total. The van der Waals surface area contributed by atoms with E-state index in [0.717, 1.165) is 16.4 Å². The largest absolute Gasteiger partial charge is 0.418 e. The Hall–Kier alpha value is 0.907. The number of halogens is 1. The molecular formula is C15H31IOSi. The molecule has 0 amide bonds. The molecule has 0 spiro atoms. The van der Waals surface area contributed by atoms with Crippen LogP contribution in [-0.2, 0) is 4.43 Å². The van der Waals surface area contributed by atoms with Crippen LogP contribution in [0.5, 0.6) is 0 Å². The Morgan fingerprint density at radius 3 is 1.94 bits per heavy atom. The van der Waals surface area contributed by atoms with Crippen molar-refractivity contribution in [3.8, 4) is 0 Å². The zero-order chi connectivity index (χ0) is 13.4. The van der Waals surface area contributed by atoms with Crippen molar-refractivity contribution in [2.75, 3.05) is 6.61 Å². The van der Waals surface area contributed by atoms with E-state index in [2.05, 4.69) is 42.2 Å². The molecular weight excluding hydrogens is 351 g/mol. The third-order valence-corrected chi connectivity index (χ3v) is 6.19. The van der Waals surface area contributed by atoms with Gasteiger partial charge in [0.05, 0.1) is 0 Å². The number of hydrogen-bond acceptors (Lipinski definition) is 1. The van der Waals surface area contributed by atoms with E-state index in [0.29, 0.717) is 0 Å². The first-order chi connectivity index (χ1) is 8.49. The van der Waals surface area contributed by atoms with Gasteiger partial charge in [0, 0.05) is 10.5 Å². The van der Waals surface area contributed by atoms with E-state index < -0.39 is 8.32 Å². The first kappa shape index (κ1) is 17.0. The number of unbranched alkanes of at least 4 members (excludes halogenated alkanes) is 6. The first-order valence-corrected chi connectivity index (χ1v) is 12.4. The lowest BCUT2D eigenvalue weighted by atomic mass is 10.1. The van der Waals surface area contributed by atoms with Gasteiger partial charge in [-0.3, -0.25) is 0 Å². The van der Waals surface area contributed by atoms with Gasteiger partial charge in [-0.25, -0.2) is 0 Å². The molecule has 2 atom stereocenters. The summed E-state index contributed by atoms with van der Waals surface area (Å²) in [5.74, 6) is 1.09. The quantitative estimate of drug-likeness (QED) is 0.190. The fourth-order valence-electron chi connectivity index (χ4n) is 2.28. The molecule has 0 heterocycles. The molecule has 108 valence electrons. The third-order valence-electron chi connectivity index (χ3n) is 3.59. The lowest BCUT2D eigenvalue weighted by molar-refractivity contribution is 0.298. The average molecular weight is 382 g/mol. The Bertz CT molecular complexity index is 215. The number of hydrogen-bond donors (Lipinski definition) is 0. The van der Waals surface area contributed by atoms with Crippen LogP contribution in [-0.4, -0.2) is 18.8 Å². The molecule has 1 nitrogen and oxygen atoms in total. The summed E-state index contributed by atoms with van der Waals surface area (Å²) < 4.78 is 6.88. The van der Waals surface area contributed by atoms with Crippen LogP contribution >= 0.6 is 22.6 Å². The van der Waals surface area contributed by atoms with Crippen LogP contribution in [0.3, 0.4) is 0 Å². The van der Waals surface area contributed by atoms with E-state index in [1.54, 1.807) is 0 Å². The molecule has 2 unspecified atom stereocenters. The summed E-state index contributed by atoms with van der Waals surface area (Å²) in [6.07, 6.45) is 12.9. The van der Waals surface area contributed by atoms with Crippen LogP contribution < -0.4 is 0 Å². The van der Waals surface area contributed by atoms with E-state index >= 15 is 0 Å². The van der Waals surface area contributed by atoms with Crippen LogP contribution in [0.15, 0.2) is 0 Å². The Balaban J connectivity index is 1.71. The van der Waals surface area contributed by atoms with Crippen LogP contribution in [0.4, 0.5) is 0 Å². The molecule has 0 aromatic heterocycles. The van der Waals surface area contributed by atoms with Gasteiger partial charge in [0.15, 0.2) is 8.32 Å². The van der Waals surface area contributed by atoms with Gasteiger partial charge < -0.3 is 4.43 Å². The molecule has 0 bridgehead atoms. The molecule has 0 aliphatic heterocycles. The van der Waals surface area contributed by atoms with Gasteiger partial charge in [-0.05, 0) is 44.8 Å². The summed E-state index contributed by atoms with van der Waals surface area (Å²) in [6, 6.07) is 0. The van der Waals surface area contributed by atoms with Gasteiger partial charge in [0.2, 0.25) is 0 Å². The summed E-state index contributed by atoms with van der Waals surface area (Å²) in [7, 11) is -1.25. The Kier molecular flexibility index (Phi) is 8.44. The van der Waals surface area contributed by atoms with Gasteiger partial charge in [-0.15, -0.1) is 0 Å². The Morgan fingerprint density at radius 2 is 1.44 bits per heavy atom. The lowest BCUT2D eigenvalue weighted by Gasteiger charge is -2.16. The van der Waals surface area contributed by atoms with Gasteiger partial charge in [0.1, 0.15) is 0 Å². The van der Waals surface area contributed by atoms with Crippen LogP contribution in [0.1, 0.15) is 57.8 Å². The topological polar surface area (TPSA) is 9.23 Å². The van der Waals surface area contributed by atoms with E-state index in [4.69, 9.17) is 4.43 Å². The van der Waals surface area contributed by atoms with Crippen molar-refractivity contribution in [3.05, 3.63) is 0 Å². The minimum atomic E-state index is -1.25. The van der Waals surface area contributed by atoms with E-state index in [1.165, 1.54) is 57.8 Å². The summed E-state index contributed by atoms with van der Waals surface area (Å²) in [5, 5.41) is 0. The standard InChI is InChI=1S/C15H31IOSi/c1-18(2,3)17-12-10-8-6-4-5-7-9-11-14-13-15(14)16/h14-15H,4-13H2,1-3H3. The fourth-order valence-corrected chi connectivity index (χ4v) is 4.05. The zero-order valence-corrected chi connectivity index (χ0v) is 15.7. The van der Waals surface area contributed by atoms with E-state index in [1.807, 2.05) is 0 Å². The minimum Gasteiger partial charge on any atom is -0.418 e. The molecule has 0 radical (unpaired) electrons. The molecule has 3 heteroatoms. The first-order valence-electron chi connectivity index (χ1n) is 7.77. The van der Waals surface area contributed by atoms with Gasteiger partial charge >= 0.3 is 0 Å². The third kappa shape index (κ3) is 9.79. The van der Waals surface area contributed by atoms with Crippen molar-refractivity contribution in [1.82, 2.24) is 0 Å². The Labute approximate surface area is 129 Å². The molecule has 1 fully saturated rings. The highest BCUT2D eigenvalue weighted by Crippen LogP contribution is 2.41. The Morgan fingerprint density at radius 1 is 0.944 bits per heavy atom. The highest BCUT2D eigenvalue weighted by atomic mass is 127. The van der Waals surface area contributed by atoms with Crippen molar-refractivity contribution in [2.45, 2.75) is 81.4 Å². The molecule has 0 aromatic carbocycles. The molecule has 0 saturated heterocycles. The van der Waals surface area contributed by atoms with Crippen LogP contribution in [0, 0.1) is 5.92 Å². The SMILES string of the molecule is C[Si](C)(C)OCCCCCCCCCC1CC1I. The molecule has 1 aliphatic carbocycles. The van der Waals surface area contributed by atoms with Gasteiger partial charge in [-0.2, -0.15) is 0 Å². The summed E-state index contributed by atoms with van der Waals surface area (Å²) in [5.41, 5.74) is 0. The van der Waals surface area contributed by atoms with E-state index in [-0.39, 0.29) is 0 Å². The second kappa shape index (κ2) is 8.96. The highest BCUT2D eigenvalue weighted by molar-refractivity contribution is 14.1. The normalized spacial score (nSPS) is 23.3. The highest BCUT2D eigenvalue weighted by Gasteiger charge is 2.33. The summed E-state index contributed by atoms with van der Waals surface area (Å²) >= 11 is 2.60. The lowest BCUT2D eigenvalue weighted by Crippen LogP contribution is -2.25. The maximum Gasteiger partial charge on any atom is 0.183 e. The van der Waals surface area contributed by atoms with Crippen LogP contribution in [0.25, 0.3) is 0 Å². The predicted molar refractivity (Wildman–Crippen MR) is 92.1 cm³/mol. The number of alkyl halides is 1. The minimum absolute atomic E-state index is 0.994. The van der Waals surface area contributed by atoms with Crippen molar-refractivity contribution >= 4 is 30.9 Å². The van der Waals surface area contributed by atoms with Crippen molar-refractivity contribution in [1.29, 1.82) is 0 Å². The predicted octanol–water partition coefficient (Wildman–Crippen LogP) is 5.78. The van der Waals surface area contributed by atoms with Gasteiger partial charge in [0.25, 0.3) is 0 Å². The van der Waals surface area contributed by atoms with Crippen LogP contribution in [0.2, 0.25) is 19.6 Å². The zero-order valence-electron chi connectivity index (χ0n) is 12.5. The van der Waals surface area contributed by atoms with E-state index in [9.17, 15) is 0 Å². The summed E-state index contributed by atoms with van der Waals surface area (Å²) in [4.78, 5) is 0. The molecule has 0 aromatic rings. The maximum atomic E-state index is 5.86. The monoisotopic (exact) mass is 382 g/mol. The number of rotatable bonds is 11. The summed E-state index contributed by atoms with van der Waals surface area (Å²) in [6.45, 7) is 7.81. The second-order valence-corrected chi connectivity index (χ2v) is 12.8. The van der Waals surface area contributed by atoms with Crippen molar-refractivity contribution in [3.63, 3.8) is 0 Å². The molecule has 1 aliphatic rings. The second-order valence-electron chi connectivity index (χ2n) is 6.74. The fraction of sp³-hybridized carbons (Fsp3) is 1.00. The van der Waals surface area contributed by atoms with Crippen molar-refractivity contribution < 1.29 is 4.43 Å². The molecule has 18 heavy (non-hydrogen) atoms. The van der Waals surface area contributed by atoms with Crippen molar-refractivity contribution in [2.24, 2.45) is 5.92 Å².